The van der Waals surface area contributed by atoms with Gasteiger partial charge in [0.2, 0.25) is 0 Å². The molecule has 130 valence electrons. The molecule has 0 fully saturated rings. The van der Waals surface area contributed by atoms with Crippen molar-refractivity contribution in [2.24, 2.45) is 0 Å². The number of ether oxygens (including phenoxy) is 2. The molecule has 0 aliphatic carbocycles. The molecule has 0 spiro atoms. The van der Waals surface area contributed by atoms with Crippen LogP contribution in [0.3, 0.4) is 0 Å². The Morgan fingerprint density at radius 1 is 1.29 bits per heavy atom. The largest absolute Gasteiger partial charge is 0.504 e. The van der Waals surface area contributed by atoms with Gasteiger partial charge in [-0.2, -0.15) is 0 Å². The minimum absolute atomic E-state index is 0.234. The number of fused-ring (bicyclic) bond motifs is 1. The highest BCUT2D eigenvalue weighted by atomic mass is 32.1. The highest BCUT2D eigenvalue weighted by Gasteiger charge is 2.20. The van der Waals surface area contributed by atoms with Gasteiger partial charge in [-0.25, -0.2) is 0 Å². The molecule has 0 saturated carbocycles. The average Bonchev–Trinajstić information content (AvgIpc) is 2.88. The number of benzene rings is 1. The van der Waals surface area contributed by atoms with Gasteiger partial charge < -0.3 is 14.6 Å². The molecule has 0 saturated heterocycles. The monoisotopic (exact) mass is 347 g/mol. The van der Waals surface area contributed by atoms with Gasteiger partial charge in [0.1, 0.15) is 6.61 Å². The lowest BCUT2D eigenvalue weighted by Crippen LogP contribution is -2.29. The summed E-state index contributed by atoms with van der Waals surface area (Å²) < 4.78 is 11.4. The molecule has 1 N–H and O–H groups in total. The van der Waals surface area contributed by atoms with Crippen LogP contribution in [0.2, 0.25) is 0 Å². The third-order valence-corrected chi connectivity index (χ3v) is 5.17. The predicted octanol–water partition coefficient (Wildman–Crippen LogP) is 4.05. The highest BCUT2D eigenvalue weighted by molar-refractivity contribution is 7.15. The average molecular weight is 347 g/mol. The molecule has 2 aromatic rings. The van der Waals surface area contributed by atoms with Crippen molar-refractivity contribution >= 4 is 11.3 Å². The van der Waals surface area contributed by atoms with Gasteiger partial charge in [-0.3, -0.25) is 4.90 Å². The van der Waals surface area contributed by atoms with Crippen LogP contribution in [0.4, 0.5) is 0 Å². The lowest BCUT2D eigenvalue weighted by atomic mass is 10.1. The normalized spacial score (nSPS) is 14.9. The Labute approximate surface area is 147 Å². The van der Waals surface area contributed by atoms with Crippen LogP contribution in [-0.2, 0) is 11.3 Å². The molecular weight excluding hydrogens is 322 g/mol. The summed E-state index contributed by atoms with van der Waals surface area (Å²) in [6, 6.07) is 8.17. The highest BCUT2D eigenvalue weighted by Crippen LogP contribution is 2.39. The van der Waals surface area contributed by atoms with E-state index in [9.17, 15) is 5.11 Å². The van der Waals surface area contributed by atoms with Crippen LogP contribution in [0.15, 0.2) is 24.3 Å². The minimum atomic E-state index is 0.234. The fourth-order valence-corrected chi connectivity index (χ4v) is 3.77. The van der Waals surface area contributed by atoms with Crippen molar-refractivity contribution in [3.63, 3.8) is 0 Å². The smallest absolute Gasteiger partial charge is 0.165 e. The van der Waals surface area contributed by atoms with Gasteiger partial charge >= 0.3 is 0 Å². The van der Waals surface area contributed by atoms with Gasteiger partial charge in [-0.15, -0.1) is 11.3 Å². The summed E-state index contributed by atoms with van der Waals surface area (Å²) in [6.45, 7) is 8.85. The summed E-state index contributed by atoms with van der Waals surface area (Å²) in [5.74, 6) is 0.863. The lowest BCUT2D eigenvalue weighted by Gasteiger charge is -2.19. The number of aromatic hydroxyl groups is 1. The van der Waals surface area contributed by atoms with Gasteiger partial charge in [0.25, 0.3) is 0 Å². The van der Waals surface area contributed by atoms with Crippen LogP contribution in [0.5, 0.6) is 11.5 Å². The molecule has 3 rings (SSSR count). The van der Waals surface area contributed by atoms with E-state index in [-0.39, 0.29) is 5.75 Å². The summed E-state index contributed by atoms with van der Waals surface area (Å²) in [4.78, 5) is 4.77. The number of phenols is 1. The van der Waals surface area contributed by atoms with E-state index >= 15 is 0 Å². The van der Waals surface area contributed by atoms with Crippen LogP contribution in [0.25, 0.3) is 10.4 Å². The Balaban J connectivity index is 1.78. The predicted molar refractivity (Wildman–Crippen MR) is 98.0 cm³/mol. The number of thiophene rings is 1. The standard InChI is InChI=1S/C19H25NO3S/c1-3-8-22-9-6-20-7-10-23-19-16(13-20)11-15(12-17(19)21)18-5-4-14(2)24-18/h4-5,11-12,21H,3,6-10,13H2,1-2H3. The third-order valence-electron chi connectivity index (χ3n) is 4.12. The molecule has 0 bridgehead atoms. The Kier molecular flexibility index (Phi) is 5.76. The van der Waals surface area contributed by atoms with Crippen molar-refractivity contribution in [3.05, 3.63) is 34.7 Å². The van der Waals surface area contributed by atoms with Crippen molar-refractivity contribution in [1.29, 1.82) is 0 Å². The Morgan fingerprint density at radius 2 is 2.17 bits per heavy atom. The molecule has 1 aliphatic rings. The summed E-state index contributed by atoms with van der Waals surface area (Å²) in [5, 5.41) is 10.4. The molecule has 1 aliphatic heterocycles. The maximum Gasteiger partial charge on any atom is 0.165 e. The molecule has 1 aromatic heterocycles. The first-order valence-corrected chi connectivity index (χ1v) is 9.34. The molecular formula is C19H25NO3S. The quantitative estimate of drug-likeness (QED) is 0.801. The van der Waals surface area contributed by atoms with Crippen molar-refractivity contribution < 1.29 is 14.6 Å². The minimum Gasteiger partial charge on any atom is -0.504 e. The summed E-state index contributed by atoms with van der Waals surface area (Å²) in [5.41, 5.74) is 2.10. The first-order chi connectivity index (χ1) is 11.7. The van der Waals surface area contributed by atoms with Crippen molar-refractivity contribution in [2.45, 2.75) is 26.8 Å². The van der Waals surface area contributed by atoms with E-state index in [0.29, 0.717) is 12.4 Å². The zero-order valence-electron chi connectivity index (χ0n) is 14.4. The molecule has 5 heteroatoms. The topological polar surface area (TPSA) is 41.9 Å². The number of hydrogen-bond donors (Lipinski definition) is 1. The zero-order valence-corrected chi connectivity index (χ0v) is 15.2. The van der Waals surface area contributed by atoms with E-state index in [0.717, 1.165) is 50.4 Å². The van der Waals surface area contributed by atoms with Gasteiger partial charge in [0.05, 0.1) is 6.61 Å². The zero-order chi connectivity index (χ0) is 16.9. The molecule has 0 unspecified atom stereocenters. The maximum atomic E-state index is 10.4. The Hall–Kier alpha value is -1.56. The van der Waals surface area contributed by atoms with Crippen LogP contribution in [-0.4, -0.2) is 42.9 Å². The maximum absolute atomic E-state index is 10.4. The molecule has 0 radical (unpaired) electrons. The van der Waals surface area contributed by atoms with E-state index in [1.165, 1.54) is 9.75 Å². The number of nitrogens with zero attached hydrogens (tertiary/aromatic N) is 1. The van der Waals surface area contributed by atoms with Crippen LogP contribution >= 0.6 is 11.3 Å². The SMILES string of the molecule is CCCOCCN1CCOc2c(O)cc(-c3ccc(C)s3)cc2C1. The van der Waals surface area contributed by atoms with E-state index in [1.807, 2.05) is 6.07 Å². The summed E-state index contributed by atoms with van der Waals surface area (Å²) in [6.07, 6.45) is 1.05. The van der Waals surface area contributed by atoms with Gasteiger partial charge in [0, 0.05) is 41.6 Å². The Morgan fingerprint density at radius 3 is 2.92 bits per heavy atom. The molecule has 0 atom stereocenters. The molecule has 2 heterocycles. The van der Waals surface area contributed by atoms with E-state index in [2.05, 4.69) is 36.9 Å². The lowest BCUT2D eigenvalue weighted by molar-refractivity contribution is 0.0990. The fourth-order valence-electron chi connectivity index (χ4n) is 2.92. The number of phenolic OH excluding ortho intramolecular Hbond substituents is 1. The van der Waals surface area contributed by atoms with Crippen LogP contribution in [0.1, 0.15) is 23.8 Å². The molecule has 24 heavy (non-hydrogen) atoms. The van der Waals surface area contributed by atoms with Gasteiger partial charge in [-0.05, 0) is 43.2 Å². The molecule has 4 nitrogen and oxygen atoms in total. The number of aryl methyl sites for hydroxylation is 1. The first-order valence-electron chi connectivity index (χ1n) is 8.53. The second-order valence-corrected chi connectivity index (χ2v) is 7.42. The second kappa shape index (κ2) is 8.01. The van der Waals surface area contributed by atoms with Gasteiger partial charge in [-0.1, -0.05) is 6.92 Å². The van der Waals surface area contributed by atoms with E-state index in [4.69, 9.17) is 9.47 Å². The van der Waals surface area contributed by atoms with Gasteiger partial charge in [0.15, 0.2) is 11.5 Å². The fraction of sp³-hybridized carbons (Fsp3) is 0.474. The van der Waals surface area contributed by atoms with Crippen LogP contribution in [0, 0.1) is 6.92 Å². The third kappa shape index (κ3) is 4.09. The van der Waals surface area contributed by atoms with Crippen LogP contribution < -0.4 is 4.74 Å². The Bertz CT molecular complexity index is 683. The molecule has 1 aromatic carbocycles. The van der Waals surface area contributed by atoms with E-state index < -0.39 is 0 Å². The number of rotatable bonds is 6. The summed E-state index contributed by atoms with van der Waals surface area (Å²) in [7, 11) is 0. The van der Waals surface area contributed by atoms with Crippen molar-refractivity contribution in [3.8, 4) is 21.9 Å². The van der Waals surface area contributed by atoms with E-state index in [1.54, 1.807) is 11.3 Å². The van der Waals surface area contributed by atoms with Crippen molar-refractivity contribution in [2.75, 3.05) is 32.9 Å². The molecule has 0 amide bonds. The number of hydrogen-bond acceptors (Lipinski definition) is 5. The second-order valence-electron chi connectivity index (χ2n) is 6.13. The van der Waals surface area contributed by atoms with Crippen molar-refractivity contribution in [1.82, 2.24) is 4.90 Å². The summed E-state index contributed by atoms with van der Waals surface area (Å²) >= 11 is 1.74. The first kappa shape index (κ1) is 17.3.